The lowest BCUT2D eigenvalue weighted by molar-refractivity contribution is -0.136. The minimum atomic E-state index is -0.439. The van der Waals surface area contributed by atoms with Crippen LogP contribution in [0.3, 0.4) is 0 Å². The molecule has 104 valence electrons. The van der Waals surface area contributed by atoms with Crippen molar-refractivity contribution in [2.45, 2.75) is 6.92 Å². The van der Waals surface area contributed by atoms with Crippen LogP contribution < -0.4 is 9.47 Å². The van der Waals surface area contributed by atoms with Crippen LogP contribution in [0.5, 0.6) is 11.5 Å². The van der Waals surface area contributed by atoms with E-state index in [0.717, 1.165) is 14.5 Å². The number of aryl methyl sites for hydroxylation is 1. The van der Waals surface area contributed by atoms with E-state index in [9.17, 15) is 4.79 Å². The van der Waals surface area contributed by atoms with E-state index in [1.165, 1.54) is 0 Å². The first-order chi connectivity index (χ1) is 9.54. The van der Waals surface area contributed by atoms with Gasteiger partial charge in [0.2, 0.25) is 0 Å². The predicted molar refractivity (Wildman–Crippen MR) is 84.2 cm³/mol. The normalized spacial score (nSPS) is 10.2. The lowest BCUT2D eigenvalue weighted by Gasteiger charge is -2.08. The summed E-state index contributed by atoms with van der Waals surface area (Å²) in [4.78, 5) is 11.7. The largest absolute Gasteiger partial charge is 0.481 e. The van der Waals surface area contributed by atoms with Gasteiger partial charge in [-0.2, -0.15) is 0 Å². The number of hydrogen-bond acceptors (Lipinski definition) is 3. The molecule has 3 nitrogen and oxygen atoms in total. The van der Waals surface area contributed by atoms with Gasteiger partial charge >= 0.3 is 5.97 Å². The number of carbonyl (C=O) groups excluding carboxylic acids is 1. The van der Waals surface area contributed by atoms with Crippen LogP contribution in [0, 0.1) is 6.92 Å². The highest BCUT2D eigenvalue weighted by Crippen LogP contribution is 2.28. The molecule has 20 heavy (non-hydrogen) atoms. The molecule has 0 bridgehead atoms. The van der Waals surface area contributed by atoms with Crippen molar-refractivity contribution in [2.75, 3.05) is 6.61 Å². The van der Waals surface area contributed by atoms with E-state index in [-0.39, 0.29) is 6.61 Å². The number of benzene rings is 2. The molecule has 0 aliphatic rings. The summed E-state index contributed by atoms with van der Waals surface area (Å²) in [7, 11) is 0. The zero-order chi connectivity index (χ0) is 14.5. The van der Waals surface area contributed by atoms with Crippen molar-refractivity contribution in [1.82, 2.24) is 0 Å². The molecule has 0 aliphatic heterocycles. The molecule has 0 aliphatic carbocycles. The van der Waals surface area contributed by atoms with Gasteiger partial charge in [-0.3, -0.25) is 0 Å². The van der Waals surface area contributed by atoms with E-state index in [1.807, 2.05) is 31.2 Å². The lowest BCUT2D eigenvalue weighted by Crippen LogP contribution is -2.17. The van der Waals surface area contributed by atoms with Gasteiger partial charge in [-0.25, -0.2) is 4.79 Å². The molecule has 0 spiro atoms. The van der Waals surface area contributed by atoms with Crippen molar-refractivity contribution in [2.24, 2.45) is 0 Å². The van der Waals surface area contributed by atoms with Gasteiger partial charge in [0, 0.05) is 4.47 Å². The minimum Gasteiger partial charge on any atom is -0.481 e. The third-order valence-electron chi connectivity index (χ3n) is 2.46. The molecule has 0 aromatic heterocycles. The second-order valence-electron chi connectivity index (χ2n) is 4.15. The number of rotatable bonds is 4. The fourth-order valence-electron chi connectivity index (χ4n) is 1.57. The first kappa shape index (κ1) is 15.1. The Labute approximate surface area is 134 Å². The van der Waals surface area contributed by atoms with Crippen molar-refractivity contribution in [3.8, 4) is 11.5 Å². The van der Waals surface area contributed by atoms with Gasteiger partial charge in [0.25, 0.3) is 0 Å². The van der Waals surface area contributed by atoms with E-state index in [0.29, 0.717) is 11.5 Å². The van der Waals surface area contributed by atoms with Crippen LogP contribution in [0.15, 0.2) is 51.4 Å². The zero-order valence-electron chi connectivity index (χ0n) is 10.7. The molecule has 0 saturated heterocycles. The molecule has 0 fully saturated rings. The highest BCUT2D eigenvalue weighted by atomic mass is 79.9. The summed E-state index contributed by atoms with van der Waals surface area (Å²) >= 11 is 6.72. The van der Waals surface area contributed by atoms with Crippen LogP contribution >= 0.6 is 31.9 Å². The molecule has 0 saturated carbocycles. The summed E-state index contributed by atoms with van der Waals surface area (Å²) in [5, 5.41) is 0. The molecule has 0 radical (unpaired) electrons. The van der Waals surface area contributed by atoms with E-state index >= 15 is 0 Å². The first-order valence-electron chi connectivity index (χ1n) is 5.90. The Morgan fingerprint density at radius 1 is 1.15 bits per heavy atom. The maximum absolute atomic E-state index is 11.7. The van der Waals surface area contributed by atoms with Gasteiger partial charge in [0.15, 0.2) is 6.61 Å². The van der Waals surface area contributed by atoms with E-state index in [4.69, 9.17) is 9.47 Å². The number of halogens is 2. The Morgan fingerprint density at radius 3 is 2.65 bits per heavy atom. The monoisotopic (exact) mass is 398 g/mol. The molecule has 0 unspecified atom stereocenters. The van der Waals surface area contributed by atoms with Crippen molar-refractivity contribution < 1.29 is 14.3 Å². The number of esters is 1. The Balaban J connectivity index is 1.92. The minimum absolute atomic E-state index is 0.145. The van der Waals surface area contributed by atoms with Gasteiger partial charge in [-0.1, -0.05) is 28.1 Å². The van der Waals surface area contributed by atoms with Gasteiger partial charge < -0.3 is 9.47 Å². The summed E-state index contributed by atoms with van der Waals surface area (Å²) in [6.45, 7) is 1.79. The van der Waals surface area contributed by atoms with Crippen molar-refractivity contribution >= 4 is 37.8 Å². The molecule has 2 aromatic carbocycles. The Kier molecular flexibility index (Phi) is 5.20. The number of carbonyl (C=O) groups is 1. The Hall–Kier alpha value is -1.33. The van der Waals surface area contributed by atoms with Gasteiger partial charge in [0.05, 0.1) is 4.47 Å². The summed E-state index contributed by atoms with van der Waals surface area (Å²) < 4.78 is 12.3. The summed E-state index contributed by atoms with van der Waals surface area (Å²) in [5.74, 6) is 0.674. The standard InChI is InChI=1S/C15H12Br2O3/c1-10-3-2-4-12(7-10)20-15(18)9-19-14-6-5-11(16)8-13(14)17/h2-8H,9H2,1H3. The van der Waals surface area contributed by atoms with Crippen molar-refractivity contribution in [3.63, 3.8) is 0 Å². The van der Waals surface area contributed by atoms with Crippen LogP contribution in [0.2, 0.25) is 0 Å². The summed E-state index contributed by atoms with van der Waals surface area (Å²) in [6, 6.07) is 12.8. The third-order valence-corrected chi connectivity index (χ3v) is 3.57. The number of hydrogen-bond donors (Lipinski definition) is 0. The van der Waals surface area contributed by atoms with Gasteiger partial charge in [-0.15, -0.1) is 0 Å². The quantitative estimate of drug-likeness (QED) is 0.560. The third kappa shape index (κ3) is 4.35. The predicted octanol–water partition coefficient (Wildman–Crippen LogP) is 4.50. The first-order valence-corrected chi connectivity index (χ1v) is 7.48. The molecule has 2 rings (SSSR count). The SMILES string of the molecule is Cc1cccc(OC(=O)COc2ccc(Br)cc2Br)c1. The molecule has 5 heteroatoms. The van der Waals surface area contributed by atoms with Crippen LogP contribution in [0.25, 0.3) is 0 Å². The number of ether oxygens (including phenoxy) is 2. The second-order valence-corrected chi connectivity index (χ2v) is 5.92. The molecular formula is C15H12Br2O3. The molecule has 0 atom stereocenters. The second kappa shape index (κ2) is 6.90. The smallest absolute Gasteiger partial charge is 0.349 e. The van der Waals surface area contributed by atoms with E-state index < -0.39 is 5.97 Å². The van der Waals surface area contributed by atoms with E-state index in [2.05, 4.69) is 31.9 Å². The maximum Gasteiger partial charge on any atom is 0.349 e. The van der Waals surface area contributed by atoms with Gasteiger partial charge in [0.1, 0.15) is 11.5 Å². The van der Waals surface area contributed by atoms with Crippen LogP contribution in [-0.2, 0) is 4.79 Å². The maximum atomic E-state index is 11.7. The molecule has 0 heterocycles. The molecule has 2 aromatic rings. The van der Waals surface area contributed by atoms with Crippen molar-refractivity contribution in [3.05, 3.63) is 57.0 Å². The van der Waals surface area contributed by atoms with Crippen LogP contribution in [0.4, 0.5) is 0 Å². The van der Waals surface area contributed by atoms with Crippen molar-refractivity contribution in [1.29, 1.82) is 0 Å². The van der Waals surface area contributed by atoms with Crippen LogP contribution in [-0.4, -0.2) is 12.6 Å². The zero-order valence-corrected chi connectivity index (χ0v) is 13.9. The topological polar surface area (TPSA) is 35.5 Å². The summed E-state index contributed by atoms with van der Waals surface area (Å²) in [5.41, 5.74) is 1.03. The van der Waals surface area contributed by atoms with E-state index in [1.54, 1.807) is 18.2 Å². The average molecular weight is 400 g/mol. The fraction of sp³-hybridized carbons (Fsp3) is 0.133. The highest BCUT2D eigenvalue weighted by molar-refractivity contribution is 9.11. The Bertz CT molecular complexity index is 626. The molecular weight excluding hydrogens is 388 g/mol. The molecule has 0 N–H and O–H groups in total. The fourth-order valence-corrected chi connectivity index (χ4v) is 2.73. The average Bonchev–Trinajstić information content (AvgIpc) is 2.37. The highest BCUT2D eigenvalue weighted by Gasteiger charge is 2.08. The summed E-state index contributed by atoms with van der Waals surface area (Å²) in [6.07, 6.45) is 0. The Morgan fingerprint density at radius 2 is 1.95 bits per heavy atom. The molecule has 0 amide bonds. The van der Waals surface area contributed by atoms with Crippen LogP contribution in [0.1, 0.15) is 5.56 Å². The van der Waals surface area contributed by atoms with Gasteiger partial charge in [-0.05, 0) is 58.7 Å². The lowest BCUT2D eigenvalue weighted by atomic mass is 10.2.